The molecule has 4 nitrogen and oxygen atoms in total. The number of benzene rings is 2. The van der Waals surface area contributed by atoms with Crippen molar-refractivity contribution in [2.45, 2.75) is 18.9 Å². The highest BCUT2D eigenvalue weighted by molar-refractivity contribution is 5.30. The third-order valence-corrected chi connectivity index (χ3v) is 3.49. The molecule has 0 aliphatic heterocycles. The van der Waals surface area contributed by atoms with Crippen LogP contribution < -0.4 is 20.7 Å². The van der Waals surface area contributed by atoms with Crippen LogP contribution in [0, 0.1) is 0 Å². The van der Waals surface area contributed by atoms with E-state index in [9.17, 15) is 0 Å². The van der Waals surface area contributed by atoms with Gasteiger partial charge in [-0.1, -0.05) is 24.3 Å². The van der Waals surface area contributed by atoms with Crippen molar-refractivity contribution in [1.29, 1.82) is 0 Å². The van der Waals surface area contributed by atoms with Crippen LogP contribution in [0.2, 0.25) is 0 Å². The molecule has 0 saturated carbocycles. The van der Waals surface area contributed by atoms with E-state index in [1.165, 1.54) is 11.1 Å². The smallest absolute Gasteiger partial charge is 0.119 e. The molecule has 0 aliphatic carbocycles. The SMILES string of the molecule is COc1ccc(CC(Cc2cccc(OC)c2)NN)cc1. The quantitative estimate of drug-likeness (QED) is 0.606. The monoisotopic (exact) mass is 286 g/mol. The van der Waals surface area contributed by atoms with Crippen molar-refractivity contribution < 1.29 is 9.47 Å². The van der Waals surface area contributed by atoms with Crippen LogP contribution in [0.25, 0.3) is 0 Å². The first-order valence-electron chi connectivity index (χ1n) is 6.97. The predicted molar refractivity (Wildman–Crippen MR) is 84.5 cm³/mol. The van der Waals surface area contributed by atoms with Gasteiger partial charge in [0.25, 0.3) is 0 Å². The minimum Gasteiger partial charge on any atom is -0.497 e. The molecule has 3 N–H and O–H groups in total. The molecule has 2 aromatic carbocycles. The van der Waals surface area contributed by atoms with E-state index in [2.05, 4.69) is 23.6 Å². The molecular weight excluding hydrogens is 264 g/mol. The van der Waals surface area contributed by atoms with E-state index in [-0.39, 0.29) is 6.04 Å². The molecule has 0 spiro atoms. The molecule has 0 fully saturated rings. The van der Waals surface area contributed by atoms with Gasteiger partial charge in [-0.15, -0.1) is 0 Å². The average molecular weight is 286 g/mol. The third-order valence-electron chi connectivity index (χ3n) is 3.49. The van der Waals surface area contributed by atoms with Crippen LogP contribution in [0.15, 0.2) is 48.5 Å². The molecule has 0 radical (unpaired) electrons. The fourth-order valence-corrected chi connectivity index (χ4v) is 2.32. The van der Waals surface area contributed by atoms with Gasteiger partial charge in [0.15, 0.2) is 0 Å². The topological polar surface area (TPSA) is 56.5 Å². The second-order valence-corrected chi connectivity index (χ2v) is 4.97. The molecule has 2 aromatic rings. The average Bonchev–Trinajstić information content (AvgIpc) is 2.55. The van der Waals surface area contributed by atoms with E-state index in [4.69, 9.17) is 15.3 Å². The highest BCUT2D eigenvalue weighted by Crippen LogP contribution is 2.17. The number of hydrogen-bond acceptors (Lipinski definition) is 4. The summed E-state index contributed by atoms with van der Waals surface area (Å²) < 4.78 is 10.4. The van der Waals surface area contributed by atoms with Crippen LogP contribution in [0.3, 0.4) is 0 Å². The summed E-state index contributed by atoms with van der Waals surface area (Å²) in [6.07, 6.45) is 1.71. The molecule has 4 heteroatoms. The van der Waals surface area contributed by atoms with Crippen LogP contribution in [-0.4, -0.2) is 20.3 Å². The summed E-state index contributed by atoms with van der Waals surface area (Å²) in [6, 6.07) is 16.3. The van der Waals surface area contributed by atoms with Crippen LogP contribution >= 0.6 is 0 Å². The molecule has 1 unspecified atom stereocenters. The van der Waals surface area contributed by atoms with Crippen molar-refractivity contribution in [2.24, 2.45) is 5.84 Å². The number of hydrazine groups is 1. The van der Waals surface area contributed by atoms with Crippen LogP contribution in [0.4, 0.5) is 0 Å². The number of hydrogen-bond donors (Lipinski definition) is 2. The number of ether oxygens (including phenoxy) is 2. The van der Waals surface area contributed by atoms with E-state index >= 15 is 0 Å². The fourth-order valence-electron chi connectivity index (χ4n) is 2.32. The van der Waals surface area contributed by atoms with Gasteiger partial charge in [0, 0.05) is 6.04 Å². The summed E-state index contributed by atoms with van der Waals surface area (Å²) in [5.41, 5.74) is 5.32. The molecule has 0 aromatic heterocycles. The van der Waals surface area contributed by atoms with Gasteiger partial charge in [-0.05, 0) is 48.2 Å². The van der Waals surface area contributed by atoms with Crippen molar-refractivity contribution in [3.8, 4) is 11.5 Å². The minimum absolute atomic E-state index is 0.172. The Labute approximate surface area is 125 Å². The Morgan fingerprint density at radius 2 is 1.57 bits per heavy atom. The zero-order valence-electron chi connectivity index (χ0n) is 12.5. The van der Waals surface area contributed by atoms with Crippen LogP contribution in [-0.2, 0) is 12.8 Å². The van der Waals surface area contributed by atoms with Crippen LogP contribution in [0.1, 0.15) is 11.1 Å². The van der Waals surface area contributed by atoms with Crippen molar-refractivity contribution in [3.05, 3.63) is 59.7 Å². The number of methoxy groups -OCH3 is 2. The Morgan fingerprint density at radius 3 is 2.19 bits per heavy atom. The first kappa shape index (κ1) is 15.4. The van der Waals surface area contributed by atoms with Gasteiger partial charge in [-0.25, -0.2) is 0 Å². The second-order valence-electron chi connectivity index (χ2n) is 4.97. The first-order chi connectivity index (χ1) is 10.2. The summed E-state index contributed by atoms with van der Waals surface area (Å²) in [6.45, 7) is 0. The molecule has 0 bridgehead atoms. The molecule has 0 amide bonds. The maximum Gasteiger partial charge on any atom is 0.119 e. The largest absolute Gasteiger partial charge is 0.497 e. The summed E-state index contributed by atoms with van der Waals surface area (Å²) in [7, 11) is 3.34. The van der Waals surface area contributed by atoms with E-state index in [0.717, 1.165) is 24.3 Å². The van der Waals surface area contributed by atoms with Gasteiger partial charge >= 0.3 is 0 Å². The van der Waals surface area contributed by atoms with Gasteiger partial charge in [0.1, 0.15) is 11.5 Å². The van der Waals surface area contributed by atoms with Crippen molar-refractivity contribution in [1.82, 2.24) is 5.43 Å². The molecule has 1 atom stereocenters. The lowest BCUT2D eigenvalue weighted by molar-refractivity contribution is 0.413. The van der Waals surface area contributed by atoms with Crippen LogP contribution in [0.5, 0.6) is 11.5 Å². The first-order valence-corrected chi connectivity index (χ1v) is 6.97. The number of nitrogens with one attached hydrogen (secondary N) is 1. The Kier molecular flexibility index (Phi) is 5.60. The maximum atomic E-state index is 5.69. The molecule has 0 aliphatic rings. The van der Waals surface area contributed by atoms with Gasteiger partial charge in [-0.3, -0.25) is 11.3 Å². The van der Waals surface area contributed by atoms with Gasteiger partial charge in [0.05, 0.1) is 14.2 Å². The summed E-state index contributed by atoms with van der Waals surface area (Å²) in [4.78, 5) is 0. The molecule has 112 valence electrons. The van der Waals surface area contributed by atoms with E-state index < -0.39 is 0 Å². The molecular formula is C17H22N2O2. The van der Waals surface area contributed by atoms with Crippen molar-refractivity contribution in [3.63, 3.8) is 0 Å². The highest BCUT2D eigenvalue weighted by atomic mass is 16.5. The van der Waals surface area contributed by atoms with E-state index in [0.29, 0.717) is 0 Å². The lowest BCUT2D eigenvalue weighted by Crippen LogP contribution is -2.38. The second kappa shape index (κ2) is 7.67. The predicted octanol–water partition coefficient (Wildman–Crippen LogP) is 2.32. The number of nitrogens with two attached hydrogens (primary N) is 1. The highest BCUT2D eigenvalue weighted by Gasteiger charge is 2.09. The zero-order chi connectivity index (χ0) is 15.1. The standard InChI is InChI=1S/C17H22N2O2/c1-20-16-8-6-13(7-9-16)10-15(19-18)11-14-4-3-5-17(12-14)21-2/h3-9,12,15,19H,10-11,18H2,1-2H3. The normalized spacial score (nSPS) is 12.0. The molecule has 2 rings (SSSR count). The van der Waals surface area contributed by atoms with Gasteiger partial charge in [-0.2, -0.15) is 0 Å². The Bertz CT molecular complexity index is 555. The fraction of sp³-hybridized carbons (Fsp3) is 0.294. The molecule has 0 saturated heterocycles. The van der Waals surface area contributed by atoms with Crippen molar-refractivity contribution in [2.75, 3.05) is 14.2 Å². The number of rotatable bonds is 7. The summed E-state index contributed by atoms with van der Waals surface area (Å²) >= 11 is 0. The Balaban J connectivity index is 2.01. The van der Waals surface area contributed by atoms with Gasteiger partial charge in [0.2, 0.25) is 0 Å². The Hall–Kier alpha value is -2.04. The minimum atomic E-state index is 0.172. The maximum absolute atomic E-state index is 5.69. The third kappa shape index (κ3) is 4.48. The lowest BCUT2D eigenvalue weighted by Gasteiger charge is -2.16. The molecule has 21 heavy (non-hydrogen) atoms. The van der Waals surface area contributed by atoms with Crippen molar-refractivity contribution >= 4 is 0 Å². The van der Waals surface area contributed by atoms with E-state index in [1.54, 1.807) is 14.2 Å². The molecule has 0 heterocycles. The Morgan fingerprint density at radius 1 is 0.905 bits per heavy atom. The van der Waals surface area contributed by atoms with E-state index in [1.807, 2.05) is 30.3 Å². The summed E-state index contributed by atoms with van der Waals surface area (Å²) in [5, 5.41) is 0. The van der Waals surface area contributed by atoms with Gasteiger partial charge < -0.3 is 9.47 Å². The summed E-state index contributed by atoms with van der Waals surface area (Å²) in [5.74, 6) is 7.42. The lowest BCUT2D eigenvalue weighted by atomic mass is 9.99. The zero-order valence-corrected chi connectivity index (χ0v) is 12.5.